The Morgan fingerprint density at radius 2 is 1.81 bits per heavy atom. The first-order valence-electron chi connectivity index (χ1n) is 10.5. The van der Waals surface area contributed by atoms with E-state index in [-0.39, 0.29) is 43.8 Å². The molecule has 2 aromatic rings. The highest BCUT2D eigenvalue weighted by Crippen LogP contribution is 2.27. The summed E-state index contributed by atoms with van der Waals surface area (Å²) in [5, 5.41) is 0.545. The zero-order chi connectivity index (χ0) is 22.4. The molecule has 1 unspecified atom stereocenters. The molecule has 2 saturated heterocycles. The highest BCUT2D eigenvalue weighted by molar-refractivity contribution is 6.30. The second kappa shape index (κ2) is 10.2. The maximum Gasteiger partial charge on any atom is 0.291 e. The van der Waals surface area contributed by atoms with Gasteiger partial charge in [0.2, 0.25) is 11.7 Å². The zero-order valence-corrected chi connectivity index (χ0v) is 18.4. The van der Waals surface area contributed by atoms with E-state index < -0.39 is 5.60 Å². The lowest BCUT2D eigenvalue weighted by Crippen LogP contribution is -2.59. The maximum absolute atomic E-state index is 13.1. The number of nitrogens with zero attached hydrogens (tertiary/aromatic N) is 4. The summed E-state index contributed by atoms with van der Waals surface area (Å²) in [7, 11) is 0. The van der Waals surface area contributed by atoms with Crippen LogP contribution in [0.4, 0.5) is 0 Å². The molecule has 0 spiro atoms. The van der Waals surface area contributed by atoms with Crippen molar-refractivity contribution in [1.82, 2.24) is 19.8 Å². The van der Waals surface area contributed by atoms with E-state index in [0.29, 0.717) is 43.6 Å². The molecule has 170 valence electrons. The summed E-state index contributed by atoms with van der Waals surface area (Å²) >= 11 is 6.07. The molecule has 2 fully saturated rings. The van der Waals surface area contributed by atoms with E-state index in [9.17, 15) is 9.59 Å². The smallest absolute Gasteiger partial charge is 0.291 e. The summed E-state index contributed by atoms with van der Waals surface area (Å²) < 4.78 is 17.5. The van der Waals surface area contributed by atoms with Gasteiger partial charge in [0.15, 0.2) is 0 Å². The Morgan fingerprint density at radius 1 is 1.06 bits per heavy atom. The topological polar surface area (TPSA) is 94.1 Å². The number of benzene rings is 1. The first kappa shape index (κ1) is 22.4. The average Bonchev–Trinajstić information content (AvgIpc) is 2.84. The molecule has 0 aliphatic carbocycles. The van der Waals surface area contributed by atoms with E-state index in [2.05, 4.69) is 9.97 Å². The van der Waals surface area contributed by atoms with Crippen molar-refractivity contribution in [3.05, 3.63) is 53.6 Å². The first-order valence-corrected chi connectivity index (χ1v) is 10.9. The van der Waals surface area contributed by atoms with Gasteiger partial charge in [-0.15, -0.1) is 0 Å². The Kier molecular flexibility index (Phi) is 7.19. The van der Waals surface area contributed by atoms with Crippen LogP contribution in [0, 0.1) is 0 Å². The van der Waals surface area contributed by atoms with Crippen molar-refractivity contribution in [2.24, 2.45) is 0 Å². The largest absolute Gasteiger partial charge is 0.490 e. The molecule has 1 aromatic heterocycles. The van der Waals surface area contributed by atoms with Crippen LogP contribution in [-0.2, 0) is 14.3 Å². The quantitative estimate of drug-likeness (QED) is 0.647. The third-order valence-electron chi connectivity index (χ3n) is 5.43. The Morgan fingerprint density at radius 3 is 2.56 bits per heavy atom. The van der Waals surface area contributed by atoms with Gasteiger partial charge in [-0.05, 0) is 24.3 Å². The third kappa shape index (κ3) is 5.53. The van der Waals surface area contributed by atoms with Gasteiger partial charge < -0.3 is 24.0 Å². The Bertz CT molecular complexity index is 941. The molecular formula is C22H25ClN4O5. The molecule has 10 heteroatoms. The van der Waals surface area contributed by atoms with Crippen LogP contribution in [-0.4, -0.2) is 89.8 Å². The van der Waals surface area contributed by atoms with Crippen molar-refractivity contribution in [3.8, 4) is 5.75 Å². The number of aromatic nitrogens is 2. The van der Waals surface area contributed by atoms with Gasteiger partial charge in [-0.25, -0.2) is 9.97 Å². The van der Waals surface area contributed by atoms with E-state index in [1.54, 1.807) is 40.1 Å². The van der Waals surface area contributed by atoms with Gasteiger partial charge in [-0.3, -0.25) is 9.59 Å². The molecule has 2 aliphatic rings. The molecule has 0 saturated carbocycles. The first-order chi connectivity index (χ1) is 15.5. The number of hydrogen-bond donors (Lipinski definition) is 0. The highest BCUT2D eigenvalue weighted by Gasteiger charge is 2.43. The lowest BCUT2D eigenvalue weighted by Gasteiger charge is -2.42. The lowest BCUT2D eigenvalue weighted by atomic mass is 9.96. The van der Waals surface area contributed by atoms with Crippen LogP contribution >= 0.6 is 11.6 Å². The predicted octanol–water partition coefficient (Wildman–Crippen LogP) is 1.67. The minimum atomic E-state index is -1.01. The van der Waals surface area contributed by atoms with Crippen LogP contribution in [0.5, 0.6) is 5.75 Å². The number of ether oxygens (including phenoxy) is 3. The summed E-state index contributed by atoms with van der Waals surface area (Å²) in [6.45, 7) is 3.00. The van der Waals surface area contributed by atoms with Gasteiger partial charge >= 0.3 is 0 Å². The standard InChI is InChI=1S/C22H25ClN4O5/c23-17-3-1-4-18(13-17)31-16-22(14-19(28)26-7-10-30-11-8-26)15-27(9-12-32-22)21(29)20-24-5-2-6-25-20/h1-6,13H,7-12,14-16H2. The molecule has 4 rings (SSSR count). The number of amides is 2. The van der Waals surface area contributed by atoms with Crippen LogP contribution in [0.15, 0.2) is 42.7 Å². The Hall–Kier alpha value is -2.75. The van der Waals surface area contributed by atoms with Crippen molar-refractivity contribution in [2.45, 2.75) is 12.0 Å². The number of rotatable bonds is 6. The summed E-state index contributed by atoms with van der Waals surface area (Å²) in [6.07, 6.45) is 3.13. The molecule has 2 aliphatic heterocycles. The second-order valence-electron chi connectivity index (χ2n) is 7.75. The van der Waals surface area contributed by atoms with Gasteiger partial charge in [0.1, 0.15) is 18.0 Å². The molecular weight excluding hydrogens is 436 g/mol. The van der Waals surface area contributed by atoms with E-state index in [1.807, 2.05) is 0 Å². The number of carbonyl (C=O) groups is 2. The van der Waals surface area contributed by atoms with Crippen molar-refractivity contribution in [2.75, 3.05) is 52.6 Å². The molecule has 0 radical (unpaired) electrons. The SMILES string of the molecule is O=C(CC1(COc2cccc(Cl)c2)CN(C(=O)c2ncccn2)CCO1)N1CCOCC1. The van der Waals surface area contributed by atoms with Gasteiger partial charge in [0.05, 0.1) is 32.8 Å². The molecule has 2 amide bonds. The van der Waals surface area contributed by atoms with E-state index in [0.717, 1.165) is 0 Å². The number of hydrogen-bond acceptors (Lipinski definition) is 7. The van der Waals surface area contributed by atoms with Crippen molar-refractivity contribution in [3.63, 3.8) is 0 Å². The van der Waals surface area contributed by atoms with E-state index in [1.165, 1.54) is 12.4 Å². The number of halogens is 1. The van der Waals surface area contributed by atoms with Crippen molar-refractivity contribution in [1.29, 1.82) is 0 Å². The molecule has 32 heavy (non-hydrogen) atoms. The highest BCUT2D eigenvalue weighted by atomic mass is 35.5. The van der Waals surface area contributed by atoms with Gasteiger partial charge in [0, 0.05) is 37.1 Å². The molecule has 3 heterocycles. The van der Waals surface area contributed by atoms with E-state index >= 15 is 0 Å². The molecule has 9 nitrogen and oxygen atoms in total. The number of morpholine rings is 2. The van der Waals surface area contributed by atoms with Crippen LogP contribution in [0.3, 0.4) is 0 Å². The summed E-state index contributed by atoms with van der Waals surface area (Å²) in [4.78, 5) is 37.5. The fourth-order valence-corrected chi connectivity index (χ4v) is 3.97. The van der Waals surface area contributed by atoms with E-state index in [4.69, 9.17) is 25.8 Å². The van der Waals surface area contributed by atoms with Crippen molar-refractivity contribution < 1.29 is 23.8 Å². The van der Waals surface area contributed by atoms with Crippen LogP contribution in [0.25, 0.3) is 0 Å². The monoisotopic (exact) mass is 460 g/mol. The van der Waals surface area contributed by atoms with Gasteiger partial charge in [-0.2, -0.15) is 0 Å². The summed E-state index contributed by atoms with van der Waals surface area (Å²) in [6, 6.07) is 8.67. The van der Waals surface area contributed by atoms with Crippen LogP contribution in [0.2, 0.25) is 5.02 Å². The fourth-order valence-electron chi connectivity index (χ4n) is 3.79. The minimum absolute atomic E-state index is 0.0618. The molecule has 1 aromatic carbocycles. The second-order valence-corrected chi connectivity index (χ2v) is 8.18. The molecule has 1 atom stereocenters. The van der Waals surface area contributed by atoms with Crippen LogP contribution < -0.4 is 4.74 Å². The average molecular weight is 461 g/mol. The third-order valence-corrected chi connectivity index (χ3v) is 5.66. The summed E-state index contributed by atoms with van der Waals surface area (Å²) in [5.41, 5.74) is -1.01. The minimum Gasteiger partial charge on any atom is -0.490 e. The molecule has 0 N–H and O–H groups in total. The maximum atomic E-state index is 13.1. The van der Waals surface area contributed by atoms with Crippen LogP contribution in [0.1, 0.15) is 17.0 Å². The zero-order valence-electron chi connectivity index (χ0n) is 17.6. The van der Waals surface area contributed by atoms with Gasteiger partial charge in [-0.1, -0.05) is 17.7 Å². The normalized spacial score (nSPS) is 21.3. The predicted molar refractivity (Wildman–Crippen MR) is 116 cm³/mol. The molecule has 0 bridgehead atoms. The van der Waals surface area contributed by atoms with Gasteiger partial charge in [0.25, 0.3) is 5.91 Å². The Labute approximate surface area is 191 Å². The summed E-state index contributed by atoms with van der Waals surface area (Å²) in [5.74, 6) is 0.306. The van der Waals surface area contributed by atoms with Crippen molar-refractivity contribution >= 4 is 23.4 Å². The lowest BCUT2D eigenvalue weighted by molar-refractivity contribution is -0.155. The Balaban J connectivity index is 1.52. The fraction of sp³-hybridized carbons (Fsp3) is 0.455. The number of carbonyl (C=O) groups excluding carboxylic acids is 2.